The SMILES string of the molecule is O=C([O-])Cn1cc(-c2ccccc2)n(CC2CC2)c1=O. The highest BCUT2D eigenvalue weighted by atomic mass is 16.4. The lowest BCUT2D eigenvalue weighted by Crippen LogP contribution is -2.33. The molecule has 1 aliphatic carbocycles. The number of aromatic nitrogens is 2. The zero-order valence-corrected chi connectivity index (χ0v) is 11.0. The predicted molar refractivity (Wildman–Crippen MR) is 71.9 cm³/mol. The zero-order chi connectivity index (χ0) is 14.1. The third-order valence-electron chi connectivity index (χ3n) is 3.55. The highest BCUT2D eigenvalue weighted by Gasteiger charge is 2.24. The van der Waals surface area contributed by atoms with Crippen LogP contribution in [0.1, 0.15) is 12.8 Å². The number of aliphatic carboxylic acids is 1. The summed E-state index contributed by atoms with van der Waals surface area (Å²) in [5.74, 6) is -0.718. The minimum atomic E-state index is -1.25. The van der Waals surface area contributed by atoms with Gasteiger partial charge < -0.3 is 9.90 Å². The quantitative estimate of drug-likeness (QED) is 0.794. The van der Waals surface area contributed by atoms with E-state index in [1.165, 1.54) is 4.57 Å². The summed E-state index contributed by atoms with van der Waals surface area (Å²) in [6.07, 6.45) is 3.87. The molecule has 0 unspecified atom stereocenters. The van der Waals surface area contributed by atoms with Crippen molar-refractivity contribution in [2.24, 2.45) is 5.92 Å². The molecule has 0 N–H and O–H groups in total. The molecule has 5 heteroatoms. The van der Waals surface area contributed by atoms with Crippen LogP contribution in [0.5, 0.6) is 0 Å². The second kappa shape index (κ2) is 5.00. The Bertz CT molecular complexity index is 681. The fourth-order valence-corrected chi connectivity index (χ4v) is 2.36. The molecule has 0 amide bonds. The third kappa shape index (κ3) is 2.52. The minimum absolute atomic E-state index is 0.278. The van der Waals surface area contributed by atoms with Crippen LogP contribution in [0.2, 0.25) is 0 Å². The summed E-state index contributed by atoms with van der Waals surface area (Å²) in [6.45, 7) is 0.249. The molecule has 3 rings (SSSR count). The maximum absolute atomic E-state index is 12.3. The van der Waals surface area contributed by atoms with E-state index in [-0.39, 0.29) is 5.69 Å². The standard InChI is InChI=1S/C15H16N2O3/c18-14(19)10-16-9-13(12-4-2-1-3-5-12)17(15(16)20)8-11-6-7-11/h1-5,9,11H,6-8,10H2,(H,18,19)/p-1. The molecule has 20 heavy (non-hydrogen) atoms. The van der Waals surface area contributed by atoms with Gasteiger partial charge in [-0.25, -0.2) is 4.79 Å². The van der Waals surface area contributed by atoms with E-state index in [0.717, 1.165) is 24.1 Å². The number of nitrogens with zero attached hydrogens (tertiary/aromatic N) is 2. The lowest BCUT2D eigenvalue weighted by atomic mass is 10.1. The molecule has 1 aromatic carbocycles. The highest BCUT2D eigenvalue weighted by Crippen LogP contribution is 2.31. The normalized spacial score (nSPS) is 14.4. The molecule has 0 aliphatic heterocycles. The van der Waals surface area contributed by atoms with Gasteiger partial charge in [0.15, 0.2) is 0 Å². The summed E-state index contributed by atoms with van der Waals surface area (Å²) >= 11 is 0. The zero-order valence-electron chi connectivity index (χ0n) is 11.0. The van der Waals surface area contributed by atoms with Crippen molar-refractivity contribution in [3.05, 3.63) is 47.0 Å². The molecule has 0 spiro atoms. The van der Waals surface area contributed by atoms with Crippen molar-refractivity contribution in [1.82, 2.24) is 9.13 Å². The van der Waals surface area contributed by atoms with Crippen molar-refractivity contribution in [3.63, 3.8) is 0 Å². The topological polar surface area (TPSA) is 67.1 Å². The van der Waals surface area contributed by atoms with E-state index in [0.29, 0.717) is 12.5 Å². The average molecular weight is 271 g/mol. The van der Waals surface area contributed by atoms with E-state index in [9.17, 15) is 14.7 Å². The lowest BCUT2D eigenvalue weighted by Gasteiger charge is -2.05. The van der Waals surface area contributed by atoms with Crippen LogP contribution in [-0.4, -0.2) is 15.1 Å². The van der Waals surface area contributed by atoms with Crippen molar-refractivity contribution < 1.29 is 9.90 Å². The fraction of sp³-hybridized carbons (Fsp3) is 0.333. The molecule has 1 heterocycles. The van der Waals surface area contributed by atoms with Crippen LogP contribution in [0.25, 0.3) is 11.3 Å². The van der Waals surface area contributed by atoms with Crippen LogP contribution in [-0.2, 0) is 17.9 Å². The van der Waals surface area contributed by atoms with E-state index >= 15 is 0 Å². The summed E-state index contributed by atoms with van der Waals surface area (Å²) in [6, 6.07) is 9.54. The van der Waals surface area contributed by atoms with E-state index in [1.807, 2.05) is 30.3 Å². The van der Waals surface area contributed by atoms with Crippen LogP contribution in [0.4, 0.5) is 0 Å². The first-order valence-corrected chi connectivity index (χ1v) is 6.70. The first-order chi connectivity index (χ1) is 9.65. The molecule has 1 aromatic heterocycles. The van der Waals surface area contributed by atoms with Crippen LogP contribution in [0.15, 0.2) is 41.3 Å². The van der Waals surface area contributed by atoms with Crippen LogP contribution >= 0.6 is 0 Å². The molecule has 104 valence electrons. The number of rotatable bonds is 5. The van der Waals surface area contributed by atoms with Crippen LogP contribution in [0, 0.1) is 5.92 Å². The second-order valence-corrected chi connectivity index (χ2v) is 5.22. The second-order valence-electron chi connectivity index (χ2n) is 5.22. The maximum Gasteiger partial charge on any atom is 0.328 e. The Morgan fingerprint density at radius 3 is 2.55 bits per heavy atom. The summed E-state index contributed by atoms with van der Waals surface area (Å²) in [5.41, 5.74) is 1.41. The summed E-state index contributed by atoms with van der Waals surface area (Å²) in [4.78, 5) is 23.0. The number of carboxylic acid groups (broad SMARTS) is 1. The molecule has 0 radical (unpaired) electrons. The van der Waals surface area contributed by atoms with Crippen molar-refractivity contribution >= 4 is 5.97 Å². The Morgan fingerprint density at radius 2 is 1.95 bits per heavy atom. The largest absolute Gasteiger partial charge is 0.548 e. The Kier molecular flexibility index (Phi) is 3.18. The molecule has 1 fully saturated rings. The lowest BCUT2D eigenvalue weighted by molar-refractivity contribution is -0.306. The van der Waals surface area contributed by atoms with Crippen molar-refractivity contribution in [2.75, 3.05) is 0 Å². The van der Waals surface area contributed by atoms with Gasteiger partial charge in [-0.05, 0) is 24.3 Å². The minimum Gasteiger partial charge on any atom is -0.548 e. The van der Waals surface area contributed by atoms with Gasteiger partial charge in [-0.15, -0.1) is 0 Å². The first-order valence-electron chi connectivity index (χ1n) is 6.70. The molecular weight excluding hydrogens is 256 g/mol. The van der Waals surface area contributed by atoms with Gasteiger partial charge in [0.05, 0.1) is 18.2 Å². The number of carboxylic acids is 1. The monoisotopic (exact) mass is 271 g/mol. The van der Waals surface area contributed by atoms with E-state index in [1.54, 1.807) is 10.8 Å². The Balaban J connectivity index is 2.06. The molecule has 2 aromatic rings. The van der Waals surface area contributed by atoms with E-state index in [2.05, 4.69) is 0 Å². The highest BCUT2D eigenvalue weighted by molar-refractivity contribution is 5.65. The van der Waals surface area contributed by atoms with Crippen LogP contribution in [0.3, 0.4) is 0 Å². The van der Waals surface area contributed by atoms with Gasteiger partial charge in [-0.2, -0.15) is 0 Å². The maximum atomic E-state index is 12.3. The molecule has 1 aliphatic rings. The van der Waals surface area contributed by atoms with Gasteiger partial charge in [0.2, 0.25) is 0 Å². The molecule has 0 saturated heterocycles. The summed E-state index contributed by atoms with van der Waals surface area (Å²) in [5, 5.41) is 10.7. The predicted octanol–water partition coefficient (Wildman–Crippen LogP) is 0.477. The van der Waals surface area contributed by atoms with Gasteiger partial charge in [0.1, 0.15) is 0 Å². The number of carbonyl (C=O) groups is 1. The smallest absolute Gasteiger partial charge is 0.328 e. The Labute approximate surface area is 116 Å². The molecule has 1 saturated carbocycles. The number of benzene rings is 1. The number of carbonyl (C=O) groups excluding carboxylic acids is 1. The van der Waals surface area contributed by atoms with Gasteiger partial charge in [-0.1, -0.05) is 30.3 Å². The van der Waals surface area contributed by atoms with E-state index < -0.39 is 12.5 Å². The molecule has 0 atom stereocenters. The van der Waals surface area contributed by atoms with Gasteiger partial charge in [0, 0.05) is 12.7 Å². The molecular formula is C15H15N2O3-. The fourth-order valence-electron chi connectivity index (χ4n) is 2.36. The molecule has 5 nitrogen and oxygen atoms in total. The van der Waals surface area contributed by atoms with Crippen molar-refractivity contribution in [1.29, 1.82) is 0 Å². The van der Waals surface area contributed by atoms with Gasteiger partial charge in [-0.3, -0.25) is 9.13 Å². The number of hydrogen-bond acceptors (Lipinski definition) is 3. The third-order valence-corrected chi connectivity index (χ3v) is 3.55. The summed E-state index contributed by atoms with van der Waals surface area (Å²) < 4.78 is 2.88. The first kappa shape index (κ1) is 12.7. The average Bonchev–Trinajstić information content (AvgIpc) is 3.20. The number of hydrogen-bond donors (Lipinski definition) is 0. The summed E-state index contributed by atoms with van der Waals surface area (Å²) in [7, 11) is 0. The van der Waals surface area contributed by atoms with E-state index in [4.69, 9.17) is 0 Å². The molecule has 0 bridgehead atoms. The number of imidazole rings is 1. The Hall–Kier alpha value is -2.30. The van der Waals surface area contributed by atoms with Crippen LogP contribution < -0.4 is 10.8 Å². The van der Waals surface area contributed by atoms with Crippen molar-refractivity contribution in [3.8, 4) is 11.3 Å². The Morgan fingerprint density at radius 1 is 1.25 bits per heavy atom. The van der Waals surface area contributed by atoms with Gasteiger partial charge >= 0.3 is 5.69 Å². The van der Waals surface area contributed by atoms with Crippen molar-refractivity contribution in [2.45, 2.75) is 25.9 Å². The van der Waals surface area contributed by atoms with Gasteiger partial charge in [0.25, 0.3) is 0 Å².